The zero-order chi connectivity index (χ0) is 15.5. The monoisotopic (exact) mass is 304 g/mol. The second kappa shape index (κ2) is 6.67. The van der Waals surface area contributed by atoms with Crippen molar-refractivity contribution in [1.29, 1.82) is 0 Å². The molecule has 2 heterocycles. The van der Waals surface area contributed by atoms with E-state index in [0.29, 0.717) is 13.2 Å². The van der Waals surface area contributed by atoms with Crippen LogP contribution in [0.3, 0.4) is 0 Å². The Morgan fingerprint density at radius 1 is 1.32 bits per heavy atom. The first-order valence-corrected chi connectivity index (χ1v) is 7.95. The molecular weight excluding hydrogens is 280 g/mol. The molecule has 5 heteroatoms. The van der Waals surface area contributed by atoms with Gasteiger partial charge in [-0.3, -0.25) is 9.69 Å². The second-order valence-corrected chi connectivity index (χ2v) is 6.14. The number of hydrogen-bond donors (Lipinski definition) is 0. The quantitative estimate of drug-likeness (QED) is 0.833. The molecule has 1 aromatic carbocycles. The van der Waals surface area contributed by atoms with E-state index in [1.54, 1.807) is 6.92 Å². The van der Waals surface area contributed by atoms with Gasteiger partial charge in [0.1, 0.15) is 12.4 Å². The van der Waals surface area contributed by atoms with Gasteiger partial charge in [0.25, 0.3) is 0 Å². The molecule has 0 saturated carbocycles. The molecule has 3 rings (SSSR count). The Morgan fingerprint density at radius 2 is 2.09 bits per heavy atom. The Morgan fingerprint density at radius 3 is 2.82 bits per heavy atom. The van der Waals surface area contributed by atoms with Crippen LogP contribution in [0.4, 0.5) is 0 Å². The third-order valence-electron chi connectivity index (χ3n) is 4.39. The molecule has 1 atom stereocenters. The normalized spacial score (nSPS) is 22.6. The van der Waals surface area contributed by atoms with Gasteiger partial charge in [0.2, 0.25) is 5.91 Å². The van der Waals surface area contributed by atoms with Crippen LogP contribution >= 0.6 is 0 Å². The maximum absolute atomic E-state index is 11.8. The zero-order valence-electron chi connectivity index (χ0n) is 13.4. The summed E-state index contributed by atoms with van der Waals surface area (Å²) in [7, 11) is 0. The number of carbonyl (C=O) groups excluding carboxylic acids is 1. The average molecular weight is 304 g/mol. The minimum Gasteiger partial charge on any atom is -0.491 e. The summed E-state index contributed by atoms with van der Waals surface area (Å²) in [6.45, 7) is 9.33. The molecular formula is C17H24N2O3. The summed E-state index contributed by atoms with van der Waals surface area (Å²) in [5, 5.41) is 0. The highest BCUT2D eigenvalue weighted by Gasteiger charge is 2.23. The Hall–Kier alpha value is -1.59. The summed E-state index contributed by atoms with van der Waals surface area (Å²) in [5.41, 5.74) is 2.37. The van der Waals surface area contributed by atoms with Crippen molar-refractivity contribution in [2.24, 2.45) is 0 Å². The molecule has 0 N–H and O–H groups in total. The first-order chi connectivity index (χ1) is 10.6. The van der Waals surface area contributed by atoms with E-state index in [0.717, 1.165) is 44.2 Å². The topological polar surface area (TPSA) is 42.0 Å². The molecule has 2 aliphatic heterocycles. The van der Waals surface area contributed by atoms with E-state index in [2.05, 4.69) is 17.0 Å². The molecule has 1 fully saturated rings. The van der Waals surface area contributed by atoms with Gasteiger partial charge in [0.05, 0.1) is 19.3 Å². The van der Waals surface area contributed by atoms with E-state index in [4.69, 9.17) is 9.47 Å². The number of amides is 1. The Kier molecular flexibility index (Phi) is 4.64. The number of ether oxygens (including phenoxy) is 2. The van der Waals surface area contributed by atoms with Gasteiger partial charge in [-0.2, -0.15) is 0 Å². The molecule has 0 aliphatic carbocycles. The number of fused-ring (bicyclic) bond motifs is 1. The fraction of sp³-hybridized carbons (Fsp3) is 0.588. The van der Waals surface area contributed by atoms with Crippen LogP contribution in [0, 0.1) is 0 Å². The summed E-state index contributed by atoms with van der Waals surface area (Å²) in [4.78, 5) is 16.1. The Bertz CT molecular complexity index is 541. The molecule has 0 spiro atoms. The van der Waals surface area contributed by atoms with Crippen molar-refractivity contribution in [2.45, 2.75) is 33.0 Å². The Balaban J connectivity index is 1.77. The Labute approximate surface area is 131 Å². The highest BCUT2D eigenvalue weighted by Crippen LogP contribution is 2.27. The van der Waals surface area contributed by atoms with Crippen LogP contribution in [-0.4, -0.2) is 54.7 Å². The van der Waals surface area contributed by atoms with Crippen molar-refractivity contribution in [1.82, 2.24) is 9.80 Å². The number of hydrogen-bond acceptors (Lipinski definition) is 4. The van der Waals surface area contributed by atoms with Crippen LogP contribution in [0.25, 0.3) is 0 Å². The predicted octanol–water partition coefficient (Wildman–Crippen LogP) is 1.65. The third kappa shape index (κ3) is 3.42. The van der Waals surface area contributed by atoms with Crippen LogP contribution in [0.5, 0.6) is 5.75 Å². The number of carbonyl (C=O) groups is 1. The fourth-order valence-corrected chi connectivity index (χ4v) is 3.07. The molecule has 0 unspecified atom stereocenters. The van der Waals surface area contributed by atoms with E-state index in [-0.39, 0.29) is 11.9 Å². The molecule has 1 amide bonds. The highest BCUT2D eigenvalue weighted by molar-refractivity contribution is 5.73. The van der Waals surface area contributed by atoms with Crippen molar-refractivity contribution < 1.29 is 14.3 Å². The molecule has 0 aromatic heterocycles. The minimum absolute atomic E-state index is 0.0996. The van der Waals surface area contributed by atoms with Crippen LogP contribution in [-0.2, 0) is 22.6 Å². The number of rotatable bonds is 2. The third-order valence-corrected chi connectivity index (χ3v) is 4.39. The zero-order valence-corrected chi connectivity index (χ0v) is 13.4. The fourth-order valence-electron chi connectivity index (χ4n) is 3.07. The lowest BCUT2D eigenvalue weighted by Gasteiger charge is -2.27. The molecule has 120 valence electrons. The SMILES string of the molecule is CC(=O)N1Cc2cc(CN3CCOCC3)ccc2OC[C@@H]1C. The number of nitrogens with zero attached hydrogens (tertiary/aromatic N) is 2. The van der Waals surface area contributed by atoms with Crippen molar-refractivity contribution in [2.75, 3.05) is 32.9 Å². The lowest BCUT2D eigenvalue weighted by atomic mass is 10.1. The summed E-state index contributed by atoms with van der Waals surface area (Å²) >= 11 is 0. The van der Waals surface area contributed by atoms with Crippen molar-refractivity contribution in [3.8, 4) is 5.75 Å². The maximum atomic E-state index is 11.8. The number of morpholine rings is 1. The molecule has 5 nitrogen and oxygen atoms in total. The van der Waals surface area contributed by atoms with E-state index < -0.39 is 0 Å². The lowest BCUT2D eigenvalue weighted by Crippen LogP contribution is -2.38. The highest BCUT2D eigenvalue weighted by atomic mass is 16.5. The maximum Gasteiger partial charge on any atom is 0.220 e. The van der Waals surface area contributed by atoms with E-state index in [1.807, 2.05) is 17.9 Å². The largest absolute Gasteiger partial charge is 0.491 e. The van der Waals surface area contributed by atoms with Crippen LogP contribution < -0.4 is 4.74 Å². The first kappa shape index (κ1) is 15.3. The minimum atomic E-state index is 0.0996. The van der Waals surface area contributed by atoms with Gasteiger partial charge in [0.15, 0.2) is 0 Å². The molecule has 0 radical (unpaired) electrons. The van der Waals surface area contributed by atoms with Crippen LogP contribution in [0.1, 0.15) is 25.0 Å². The van der Waals surface area contributed by atoms with Gasteiger partial charge in [-0.05, 0) is 24.6 Å². The van der Waals surface area contributed by atoms with Gasteiger partial charge >= 0.3 is 0 Å². The standard InChI is InChI=1S/C17H24N2O3/c1-13-12-22-17-4-3-15(10-18-5-7-21-8-6-18)9-16(17)11-19(13)14(2)20/h3-4,9,13H,5-8,10-12H2,1-2H3/t13-/m0/s1. The molecule has 22 heavy (non-hydrogen) atoms. The van der Waals surface area contributed by atoms with Gasteiger partial charge < -0.3 is 14.4 Å². The molecule has 0 bridgehead atoms. The summed E-state index contributed by atoms with van der Waals surface area (Å²) in [5.74, 6) is 1.00. The summed E-state index contributed by atoms with van der Waals surface area (Å²) in [6.07, 6.45) is 0. The van der Waals surface area contributed by atoms with E-state index in [9.17, 15) is 4.79 Å². The van der Waals surface area contributed by atoms with Gasteiger partial charge in [-0.25, -0.2) is 0 Å². The van der Waals surface area contributed by atoms with Crippen molar-refractivity contribution in [3.05, 3.63) is 29.3 Å². The number of benzene rings is 1. The van der Waals surface area contributed by atoms with Crippen molar-refractivity contribution >= 4 is 5.91 Å². The van der Waals surface area contributed by atoms with Crippen LogP contribution in [0.15, 0.2) is 18.2 Å². The van der Waals surface area contributed by atoms with E-state index in [1.165, 1.54) is 5.56 Å². The van der Waals surface area contributed by atoms with Gasteiger partial charge in [0, 0.05) is 38.7 Å². The lowest BCUT2D eigenvalue weighted by molar-refractivity contribution is -0.131. The second-order valence-electron chi connectivity index (χ2n) is 6.14. The van der Waals surface area contributed by atoms with Gasteiger partial charge in [-0.1, -0.05) is 6.07 Å². The van der Waals surface area contributed by atoms with Gasteiger partial charge in [-0.15, -0.1) is 0 Å². The molecule has 2 aliphatic rings. The van der Waals surface area contributed by atoms with Crippen LogP contribution in [0.2, 0.25) is 0 Å². The van der Waals surface area contributed by atoms with Crippen molar-refractivity contribution in [3.63, 3.8) is 0 Å². The predicted molar refractivity (Wildman–Crippen MR) is 83.7 cm³/mol. The summed E-state index contributed by atoms with van der Waals surface area (Å²) < 4.78 is 11.2. The molecule has 1 saturated heterocycles. The molecule has 1 aromatic rings. The summed E-state index contributed by atoms with van der Waals surface area (Å²) in [6, 6.07) is 6.45. The van der Waals surface area contributed by atoms with E-state index >= 15 is 0 Å². The smallest absolute Gasteiger partial charge is 0.220 e. The first-order valence-electron chi connectivity index (χ1n) is 7.95. The average Bonchev–Trinajstić information content (AvgIpc) is 2.68.